The Morgan fingerprint density at radius 3 is 2.46 bits per heavy atom. The van der Waals surface area contributed by atoms with Crippen molar-refractivity contribution in [2.75, 3.05) is 11.1 Å². The van der Waals surface area contributed by atoms with Crippen LogP contribution in [0.2, 0.25) is 10.0 Å². The molecule has 1 amide bonds. The van der Waals surface area contributed by atoms with E-state index in [0.29, 0.717) is 16.3 Å². The van der Waals surface area contributed by atoms with Crippen LogP contribution >= 0.6 is 23.2 Å². The molecule has 2 aromatic rings. The zero-order valence-electron chi connectivity index (χ0n) is 12.2. The monoisotopic (exact) mass is 383 g/mol. The van der Waals surface area contributed by atoms with Crippen LogP contribution < -0.4 is 5.32 Å². The van der Waals surface area contributed by atoms with Gasteiger partial charge in [-0.1, -0.05) is 23.2 Å². The van der Waals surface area contributed by atoms with Gasteiger partial charge in [-0.2, -0.15) is 0 Å². The van der Waals surface area contributed by atoms with Gasteiger partial charge in [-0.25, -0.2) is 8.42 Å². The van der Waals surface area contributed by atoms with Gasteiger partial charge in [0.05, 0.1) is 16.3 Å². The average molecular weight is 384 g/mol. The third-order valence-electron chi connectivity index (χ3n) is 3.61. The van der Waals surface area contributed by atoms with Gasteiger partial charge < -0.3 is 5.32 Å². The van der Waals surface area contributed by atoms with E-state index in [1.54, 1.807) is 0 Å². The van der Waals surface area contributed by atoms with Crippen LogP contribution in [0.4, 0.5) is 5.69 Å². The van der Waals surface area contributed by atoms with Crippen molar-refractivity contribution in [2.45, 2.75) is 11.3 Å². The molecule has 24 heavy (non-hydrogen) atoms. The van der Waals surface area contributed by atoms with Gasteiger partial charge in [0.1, 0.15) is 5.75 Å². The summed E-state index contributed by atoms with van der Waals surface area (Å²) < 4.78 is 24.7. The number of carbonyl (C=O) groups is 2. The van der Waals surface area contributed by atoms with Gasteiger partial charge in [-0.3, -0.25) is 9.59 Å². The fourth-order valence-corrected chi connectivity index (χ4v) is 4.05. The molecule has 1 aliphatic heterocycles. The first kappa shape index (κ1) is 17.0. The molecule has 0 aromatic heterocycles. The second-order valence-corrected chi connectivity index (χ2v) is 8.18. The number of benzene rings is 2. The molecule has 0 bridgehead atoms. The van der Waals surface area contributed by atoms with Gasteiger partial charge in [0.15, 0.2) is 15.6 Å². The second-order valence-electron chi connectivity index (χ2n) is 5.35. The summed E-state index contributed by atoms with van der Waals surface area (Å²) in [6.07, 6.45) is 0.136. The van der Waals surface area contributed by atoms with Crippen LogP contribution in [-0.4, -0.2) is 25.9 Å². The number of rotatable bonds is 4. The number of hydrogen-bond donors (Lipinski definition) is 1. The van der Waals surface area contributed by atoms with Crippen LogP contribution in [0.15, 0.2) is 41.3 Å². The molecule has 2 aromatic carbocycles. The molecule has 1 aliphatic rings. The van der Waals surface area contributed by atoms with E-state index < -0.39 is 21.4 Å². The number of amides is 1. The standard InChI is InChI=1S/C16H11Cl2NO4S/c17-10-1-3-11(4-2-10)24(22,23)8-15(20)12-5-9-6-16(21)19-14(9)7-13(12)18/h1-5,7H,6,8H2,(H,19,21). The molecule has 3 rings (SSSR count). The highest BCUT2D eigenvalue weighted by Gasteiger charge is 2.25. The van der Waals surface area contributed by atoms with E-state index in [0.717, 1.165) is 0 Å². The number of anilines is 1. The summed E-state index contributed by atoms with van der Waals surface area (Å²) in [6, 6.07) is 8.51. The van der Waals surface area contributed by atoms with Crippen molar-refractivity contribution in [3.8, 4) is 0 Å². The van der Waals surface area contributed by atoms with Crippen LogP contribution in [0.3, 0.4) is 0 Å². The molecule has 0 spiro atoms. The number of nitrogens with one attached hydrogen (secondary N) is 1. The van der Waals surface area contributed by atoms with Crippen LogP contribution in [-0.2, 0) is 21.1 Å². The highest BCUT2D eigenvalue weighted by atomic mass is 35.5. The normalized spacial score (nSPS) is 13.5. The van der Waals surface area contributed by atoms with Gasteiger partial charge in [0, 0.05) is 16.3 Å². The van der Waals surface area contributed by atoms with Crippen molar-refractivity contribution in [1.29, 1.82) is 0 Å². The van der Waals surface area contributed by atoms with Crippen LogP contribution in [0, 0.1) is 0 Å². The fourth-order valence-electron chi connectivity index (χ4n) is 2.44. The summed E-state index contributed by atoms with van der Waals surface area (Å²) in [6.45, 7) is 0. The summed E-state index contributed by atoms with van der Waals surface area (Å²) in [7, 11) is -3.82. The minimum Gasteiger partial charge on any atom is -0.325 e. The van der Waals surface area contributed by atoms with Crippen molar-refractivity contribution in [3.05, 3.63) is 57.6 Å². The molecule has 1 N–H and O–H groups in total. The lowest BCUT2D eigenvalue weighted by molar-refractivity contribution is -0.115. The van der Waals surface area contributed by atoms with E-state index in [4.69, 9.17) is 23.2 Å². The lowest BCUT2D eigenvalue weighted by Gasteiger charge is -2.08. The molecular weight excluding hydrogens is 373 g/mol. The fraction of sp³-hybridized carbons (Fsp3) is 0.125. The molecule has 0 atom stereocenters. The molecule has 0 saturated carbocycles. The second kappa shape index (κ2) is 6.20. The van der Waals surface area contributed by atoms with Crippen LogP contribution in [0.25, 0.3) is 0 Å². The first-order valence-electron chi connectivity index (χ1n) is 6.90. The molecule has 5 nitrogen and oxygen atoms in total. The number of Topliss-reactive ketones (excluding diaryl/α,β-unsaturated/α-hetero) is 1. The molecule has 0 aliphatic carbocycles. The Morgan fingerprint density at radius 1 is 1.12 bits per heavy atom. The lowest BCUT2D eigenvalue weighted by Crippen LogP contribution is -2.17. The predicted molar refractivity (Wildman–Crippen MR) is 91.6 cm³/mol. The van der Waals surface area contributed by atoms with E-state index in [9.17, 15) is 18.0 Å². The number of carbonyl (C=O) groups excluding carboxylic acids is 2. The van der Waals surface area contributed by atoms with Crippen LogP contribution in [0.5, 0.6) is 0 Å². The van der Waals surface area contributed by atoms with Crippen molar-refractivity contribution in [2.24, 2.45) is 0 Å². The van der Waals surface area contributed by atoms with Gasteiger partial charge in [0.2, 0.25) is 5.91 Å². The molecular formula is C16H11Cl2NO4S. The Bertz CT molecular complexity index is 953. The molecule has 0 radical (unpaired) electrons. The van der Waals surface area contributed by atoms with E-state index in [1.807, 2.05) is 0 Å². The highest BCUT2D eigenvalue weighted by Crippen LogP contribution is 2.30. The van der Waals surface area contributed by atoms with Crippen molar-refractivity contribution in [3.63, 3.8) is 0 Å². The van der Waals surface area contributed by atoms with Crippen molar-refractivity contribution < 1.29 is 18.0 Å². The van der Waals surface area contributed by atoms with E-state index in [-0.39, 0.29) is 27.8 Å². The molecule has 0 unspecified atom stereocenters. The van der Waals surface area contributed by atoms with Gasteiger partial charge >= 0.3 is 0 Å². The molecule has 1 heterocycles. The van der Waals surface area contributed by atoms with E-state index in [2.05, 4.69) is 5.32 Å². The molecule has 124 valence electrons. The number of sulfone groups is 1. The molecule has 0 saturated heterocycles. The largest absolute Gasteiger partial charge is 0.325 e. The first-order valence-corrected chi connectivity index (χ1v) is 9.31. The number of hydrogen-bond acceptors (Lipinski definition) is 4. The van der Waals surface area contributed by atoms with Gasteiger partial charge in [0.25, 0.3) is 0 Å². The summed E-state index contributed by atoms with van der Waals surface area (Å²) >= 11 is 11.8. The number of ketones is 1. The molecule has 0 fully saturated rings. The van der Waals surface area contributed by atoms with Crippen LogP contribution in [0.1, 0.15) is 15.9 Å². The van der Waals surface area contributed by atoms with E-state index in [1.165, 1.54) is 36.4 Å². The Kier molecular flexibility index (Phi) is 4.38. The number of fused-ring (bicyclic) bond motifs is 1. The SMILES string of the molecule is O=C1Cc2cc(C(=O)CS(=O)(=O)c3ccc(Cl)cc3)c(Cl)cc2N1. The summed E-state index contributed by atoms with van der Waals surface area (Å²) in [4.78, 5) is 23.8. The van der Waals surface area contributed by atoms with Crippen molar-refractivity contribution in [1.82, 2.24) is 0 Å². The maximum Gasteiger partial charge on any atom is 0.228 e. The predicted octanol–water partition coefficient (Wildman–Crippen LogP) is 3.14. The maximum absolute atomic E-state index is 12.4. The quantitative estimate of drug-likeness (QED) is 0.822. The molecule has 8 heteroatoms. The minimum atomic E-state index is -3.82. The van der Waals surface area contributed by atoms with Crippen molar-refractivity contribution >= 4 is 50.4 Å². The topological polar surface area (TPSA) is 80.3 Å². The zero-order valence-corrected chi connectivity index (χ0v) is 14.5. The Balaban J connectivity index is 1.89. The summed E-state index contributed by atoms with van der Waals surface area (Å²) in [5.41, 5.74) is 1.25. The summed E-state index contributed by atoms with van der Waals surface area (Å²) in [5.74, 6) is -1.54. The lowest BCUT2D eigenvalue weighted by atomic mass is 10.1. The third-order valence-corrected chi connectivity index (χ3v) is 5.81. The van der Waals surface area contributed by atoms with Gasteiger partial charge in [-0.15, -0.1) is 0 Å². The first-order chi connectivity index (χ1) is 11.3. The van der Waals surface area contributed by atoms with E-state index >= 15 is 0 Å². The number of halogens is 2. The Labute approximate surface area is 148 Å². The summed E-state index contributed by atoms with van der Waals surface area (Å²) in [5, 5.41) is 3.12. The average Bonchev–Trinajstić information content (AvgIpc) is 2.85. The Morgan fingerprint density at radius 2 is 1.79 bits per heavy atom. The highest BCUT2D eigenvalue weighted by molar-refractivity contribution is 7.92. The smallest absolute Gasteiger partial charge is 0.228 e. The zero-order chi connectivity index (χ0) is 17.5. The Hall–Kier alpha value is -1.89. The maximum atomic E-state index is 12.4. The van der Waals surface area contributed by atoms with Gasteiger partial charge in [-0.05, 0) is 42.0 Å². The minimum absolute atomic E-state index is 0.00868. The third kappa shape index (κ3) is 3.31.